The standard InChI is InChI=1S/C38H23N5/c1-2-14-28-25(11-1)29-23-24(21-22-34(29)42-35-19-9-5-15-30(35)39-37(28)42)41-32-17-7-3-12-26(32)27-13-4-8-18-33(27)43-36-20-10-6-16-31(36)40-38(41)43/h1-23H. The summed E-state index contributed by atoms with van der Waals surface area (Å²) in [6.07, 6.45) is 0. The second kappa shape index (κ2) is 8.30. The third-order valence-corrected chi connectivity index (χ3v) is 8.82. The van der Waals surface area contributed by atoms with Crippen molar-refractivity contribution in [2.24, 2.45) is 0 Å². The third-order valence-electron chi connectivity index (χ3n) is 8.82. The SMILES string of the molecule is c1ccc2c(c1)-c1ccccc1-n1c(nc3ccccc31)N2c1ccc2c(c1)c1ccccc1c1nc3ccccc3n21. The van der Waals surface area contributed by atoms with Crippen LogP contribution in [-0.2, 0) is 0 Å². The van der Waals surface area contributed by atoms with Gasteiger partial charge >= 0.3 is 0 Å². The minimum absolute atomic E-state index is 0.872. The molecule has 0 spiro atoms. The van der Waals surface area contributed by atoms with Crippen molar-refractivity contribution in [3.8, 4) is 16.8 Å². The number of anilines is 3. The van der Waals surface area contributed by atoms with Crippen LogP contribution in [0.3, 0.4) is 0 Å². The van der Waals surface area contributed by atoms with Crippen LogP contribution in [0.15, 0.2) is 140 Å². The van der Waals surface area contributed by atoms with Gasteiger partial charge in [0.05, 0.1) is 39.0 Å². The van der Waals surface area contributed by atoms with Crippen molar-refractivity contribution in [1.29, 1.82) is 0 Å². The average Bonchev–Trinajstić information content (AvgIpc) is 3.61. The second-order valence-corrected chi connectivity index (χ2v) is 11.1. The minimum Gasteiger partial charge on any atom is -0.292 e. The number of hydrogen-bond donors (Lipinski definition) is 0. The molecule has 5 heteroatoms. The molecule has 0 bridgehead atoms. The topological polar surface area (TPSA) is 38.4 Å². The molecule has 3 aromatic heterocycles. The molecule has 0 saturated carbocycles. The van der Waals surface area contributed by atoms with Crippen LogP contribution in [0, 0.1) is 0 Å². The van der Waals surface area contributed by atoms with Crippen molar-refractivity contribution in [2.45, 2.75) is 0 Å². The molecule has 4 heterocycles. The lowest BCUT2D eigenvalue weighted by molar-refractivity contribution is 1.05. The molecule has 0 aliphatic carbocycles. The van der Waals surface area contributed by atoms with E-state index in [0.717, 1.165) is 61.6 Å². The summed E-state index contributed by atoms with van der Waals surface area (Å²) < 4.78 is 4.61. The van der Waals surface area contributed by atoms with Crippen molar-refractivity contribution in [2.75, 3.05) is 4.90 Å². The molecule has 1 aliphatic rings. The Morgan fingerprint density at radius 2 is 1.07 bits per heavy atom. The predicted molar refractivity (Wildman–Crippen MR) is 176 cm³/mol. The van der Waals surface area contributed by atoms with Crippen LogP contribution >= 0.6 is 0 Å². The lowest BCUT2D eigenvalue weighted by Gasteiger charge is -2.25. The van der Waals surface area contributed by atoms with E-state index in [2.05, 4.69) is 153 Å². The van der Waals surface area contributed by atoms with E-state index in [9.17, 15) is 0 Å². The van der Waals surface area contributed by atoms with Crippen molar-refractivity contribution in [3.05, 3.63) is 140 Å². The molecule has 200 valence electrons. The monoisotopic (exact) mass is 549 g/mol. The summed E-state index contributed by atoms with van der Waals surface area (Å²) in [6, 6.07) is 49.5. The van der Waals surface area contributed by atoms with Crippen LogP contribution < -0.4 is 4.90 Å². The number of nitrogens with zero attached hydrogens (tertiary/aromatic N) is 5. The van der Waals surface area contributed by atoms with Crippen LogP contribution in [0.2, 0.25) is 0 Å². The number of hydrogen-bond acceptors (Lipinski definition) is 3. The Hall–Kier alpha value is -5.94. The number of para-hydroxylation sites is 6. The van der Waals surface area contributed by atoms with Crippen LogP contribution in [0.4, 0.5) is 17.3 Å². The van der Waals surface area contributed by atoms with E-state index in [0.29, 0.717) is 0 Å². The van der Waals surface area contributed by atoms with Gasteiger partial charge in [-0.25, -0.2) is 9.97 Å². The summed E-state index contributed by atoms with van der Waals surface area (Å²) in [4.78, 5) is 12.7. The molecule has 0 atom stereocenters. The molecule has 0 unspecified atom stereocenters. The van der Waals surface area contributed by atoms with Gasteiger partial charge in [-0.15, -0.1) is 0 Å². The van der Waals surface area contributed by atoms with Gasteiger partial charge in [0.15, 0.2) is 0 Å². The Bertz CT molecular complexity index is 2590. The van der Waals surface area contributed by atoms with Gasteiger partial charge in [-0.3, -0.25) is 13.9 Å². The number of rotatable bonds is 1. The molecule has 0 saturated heterocycles. The Balaban J connectivity index is 1.35. The molecule has 10 rings (SSSR count). The highest BCUT2D eigenvalue weighted by molar-refractivity contribution is 6.15. The third kappa shape index (κ3) is 3.00. The number of imidazole rings is 2. The largest absolute Gasteiger partial charge is 0.292 e. The quantitative estimate of drug-likeness (QED) is 0.191. The van der Waals surface area contributed by atoms with Gasteiger partial charge in [0.2, 0.25) is 5.95 Å². The highest BCUT2D eigenvalue weighted by atomic mass is 15.3. The van der Waals surface area contributed by atoms with Crippen molar-refractivity contribution >= 4 is 66.7 Å². The molecule has 6 aromatic carbocycles. The number of fused-ring (bicyclic) bond motifs is 15. The first-order chi connectivity index (χ1) is 21.3. The van der Waals surface area contributed by atoms with Gasteiger partial charge in [-0.2, -0.15) is 0 Å². The Morgan fingerprint density at radius 1 is 0.442 bits per heavy atom. The Kier molecular flexibility index (Phi) is 4.39. The maximum absolute atomic E-state index is 5.27. The molecule has 43 heavy (non-hydrogen) atoms. The molecule has 9 aromatic rings. The molecule has 0 N–H and O–H groups in total. The molecule has 0 fully saturated rings. The smallest absolute Gasteiger partial charge is 0.220 e. The first kappa shape index (κ1) is 22.7. The second-order valence-electron chi connectivity index (χ2n) is 11.1. The van der Waals surface area contributed by atoms with E-state index >= 15 is 0 Å². The highest BCUT2D eigenvalue weighted by Gasteiger charge is 2.29. The summed E-state index contributed by atoms with van der Waals surface area (Å²) in [7, 11) is 0. The molecule has 1 aliphatic heterocycles. The van der Waals surface area contributed by atoms with Gasteiger partial charge in [-0.05, 0) is 60.0 Å². The molecular formula is C38H23N5. The van der Waals surface area contributed by atoms with Gasteiger partial charge in [0.1, 0.15) is 5.65 Å². The molecular weight excluding hydrogens is 526 g/mol. The molecule has 0 amide bonds. The number of pyridine rings is 1. The van der Waals surface area contributed by atoms with Crippen molar-refractivity contribution < 1.29 is 0 Å². The highest BCUT2D eigenvalue weighted by Crippen LogP contribution is 2.48. The number of aromatic nitrogens is 4. The summed E-state index contributed by atoms with van der Waals surface area (Å²) in [5.74, 6) is 0.872. The predicted octanol–water partition coefficient (Wildman–Crippen LogP) is 9.58. The first-order valence-electron chi connectivity index (χ1n) is 14.5. The zero-order valence-corrected chi connectivity index (χ0v) is 23.0. The summed E-state index contributed by atoms with van der Waals surface area (Å²) in [5.41, 5.74) is 11.9. The fourth-order valence-corrected chi connectivity index (χ4v) is 6.99. The van der Waals surface area contributed by atoms with E-state index in [4.69, 9.17) is 9.97 Å². The van der Waals surface area contributed by atoms with Crippen molar-refractivity contribution in [3.63, 3.8) is 0 Å². The maximum atomic E-state index is 5.27. The molecule has 5 nitrogen and oxygen atoms in total. The fraction of sp³-hybridized carbons (Fsp3) is 0. The maximum Gasteiger partial charge on any atom is 0.220 e. The first-order valence-corrected chi connectivity index (χ1v) is 14.5. The Labute approximate surface area is 246 Å². The zero-order valence-electron chi connectivity index (χ0n) is 23.0. The van der Waals surface area contributed by atoms with Crippen LogP contribution in [-0.4, -0.2) is 18.9 Å². The van der Waals surface area contributed by atoms with Crippen LogP contribution in [0.5, 0.6) is 0 Å². The lowest BCUT2D eigenvalue weighted by Crippen LogP contribution is -2.14. The van der Waals surface area contributed by atoms with E-state index in [1.807, 2.05) is 0 Å². The van der Waals surface area contributed by atoms with Gasteiger partial charge in [0, 0.05) is 27.6 Å². The van der Waals surface area contributed by atoms with Crippen LogP contribution in [0.25, 0.3) is 66.2 Å². The van der Waals surface area contributed by atoms with Crippen molar-refractivity contribution in [1.82, 2.24) is 18.9 Å². The Morgan fingerprint density at radius 3 is 1.91 bits per heavy atom. The summed E-state index contributed by atoms with van der Waals surface area (Å²) >= 11 is 0. The lowest BCUT2D eigenvalue weighted by atomic mass is 10.0. The molecule has 0 radical (unpaired) electrons. The van der Waals surface area contributed by atoms with Gasteiger partial charge in [0.25, 0.3) is 0 Å². The van der Waals surface area contributed by atoms with Gasteiger partial charge < -0.3 is 0 Å². The van der Waals surface area contributed by atoms with E-state index < -0.39 is 0 Å². The summed E-state index contributed by atoms with van der Waals surface area (Å²) in [5, 5.41) is 3.49. The zero-order chi connectivity index (χ0) is 28.1. The van der Waals surface area contributed by atoms with E-state index in [-0.39, 0.29) is 0 Å². The van der Waals surface area contributed by atoms with E-state index in [1.54, 1.807) is 0 Å². The van der Waals surface area contributed by atoms with Gasteiger partial charge in [-0.1, -0.05) is 84.9 Å². The average molecular weight is 550 g/mol. The van der Waals surface area contributed by atoms with E-state index in [1.165, 1.54) is 21.9 Å². The normalized spacial score (nSPS) is 12.6. The van der Waals surface area contributed by atoms with Crippen LogP contribution in [0.1, 0.15) is 0 Å². The fourth-order valence-electron chi connectivity index (χ4n) is 6.99. The number of benzene rings is 6. The minimum atomic E-state index is 0.872. The summed E-state index contributed by atoms with van der Waals surface area (Å²) in [6.45, 7) is 0.